The lowest BCUT2D eigenvalue weighted by molar-refractivity contribution is 0.589. The van der Waals surface area contributed by atoms with E-state index in [0.29, 0.717) is 0 Å². The molecular formula is C16H22N2S. The lowest BCUT2D eigenvalue weighted by Crippen LogP contribution is -2.14. The van der Waals surface area contributed by atoms with E-state index >= 15 is 0 Å². The van der Waals surface area contributed by atoms with Crippen molar-refractivity contribution in [3.05, 3.63) is 51.5 Å². The number of rotatable bonds is 4. The van der Waals surface area contributed by atoms with Crippen LogP contribution >= 0.6 is 11.3 Å². The van der Waals surface area contributed by atoms with Gasteiger partial charge in [-0.05, 0) is 23.5 Å². The Hall–Kier alpha value is -1.19. The standard InChI is InChI=1S/C16H22N2S/c1-12-9-18-15(19-12)11-17-10-13-5-7-14(8-6-13)16(2,3)4/h5-9,17H,10-11H2,1-4H3. The van der Waals surface area contributed by atoms with Gasteiger partial charge in [0.15, 0.2) is 0 Å². The molecule has 2 aromatic rings. The maximum absolute atomic E-state index is 4.35. The number of nitrogens with one attached hydrogen (secondary N) is 1. The molecule has 3 heteroatoms. The van der Waals surface area contributed by atoms with Gasteiger partial charge in [-0.1, -0.05) is 45.0 Å². The monoisotopic (exact) mass is 274 g/mol. The molecule has 1 heterocycles. The third kappa shape index (κ3) is 4.15. The lowest BCUT2D eigenvalue weighted by atomic mass is 9.87. The van der Waals surface area contributed by atoms with Crippen LogP contribution in [0.4, 0.5) is 0 Å². The first-order valence-electron chi connectivity index (χ1n) is 6.66. The fraction of sp³-hybridized carbons (Fsp3) is 0.438. The number of aryl methyl sites for hydroxylation is 1. The van der Waals surface area contributed by atoms with E-state index < -0.39 is 0 Å². The van der Waals surface area contributed by atoms with Gasteiger partial charge >= 0.3 is 0 Å². The highest BCUT2D eigenvalue weighted by Crippen LogP contribution is 2.22. The maximum Gasteiger partial charge on any atom is 0.107 e. The van der Waals surface area contributed by atoms with Crippen LogP contribution in [0.1, 0.15) is 41.8 Å². The Morgan fingerprint density at radius 2 is 1.79 bits per heavy atom. The molecule has 0 radical (unpaired) electrons. The van der Waals surface area contributed by atoms with Gasteiger partial charge in [-0.15, -0.1) is 11.3 Å². The summed E-state index contributed by atoms with van der Waals surface area (Å²) >= 11 is 1.76. The molecule has 0 aliphatic rings. The molecule has 0 bridgehead atoms. The van der Waals surface area contributed by atoms with Gasteiger partial charge in [0.2, 0.25) is 0 Å². The van der Waals surface area contributed by atoms with Crippen LogP contribution in [0.5, 0.6) is 0 Å². The number of nitrogens with zero attached hydrogens (tertiary/aromatic N) is 1. The summed E-state index contributed by atoms with van der Waals surface area (Å²) in [6, 6.07) is 8.87. The van der Waals surface area contributed by atoms with E-state index in [2.05, 4.69) is 62.3 Å². The van der Waals surface area contributed by atoms with Crippen molar-refractivity contribution in [3.63, 3.8) is 0 Å². The number of aromatic nitrogens is 1. The number of benzene rings is 1. The molecule has 1 N–H and O–H groups in total. The van der Waals surface area contributed by atoms with Gasteiger partial charge in [0.25, 0.3) is 0 Å². The zero-order chi connectivity index (χ0) is 13.9. The van der Waals surface area contributed by atoms with Gasteiger partial charge in [0.1, 0.15) is 5.01 Å². The highest BCUT2D eigenvalue weighted by Gasteiger charge is 2.12. The van der Waals surface area contributed by atoms with Gasteiger partial charge in [-0.3, -0.25) is 0 Å². The maximum atomic E-state index is 4.35. The van der Waals surface area contributed by atoms with Crippen LogP contribution in [0.3, 0.4) is 0 Å². The minimum absolute atomic E-state index is 0.227. The van der Waals surface area contributed by atoms with E-state index in [0.717, 1.165) is 18.1 Å². The van der Waals surface area contributed by atoms with Crippen LogP contribution in [0.25, 0.3) is 0 Å². The van der Waals surface area contributed by atoms with E-state index in [1.165, 1.54) is 16.0 Å². The lowest BCUT2D eigenvalue weighted by Gasteiger charge is -2.19. The second kappa shape index (κ2) is 5.85. The molecule has 2 nitrogen and oxygen atoms in total. The summed E-state index contributed by atoms with van der Waals surface area (Å²) in [5.74, 6) is 0. The molecule has 0 fully saturated rings. The fourth-order valence-corrected chi connectivity index (χ4v) is 2.68. The van der Waals surface area contributed by atoms with Gasteiger partial charge in [0.05, 0.1) is 0 Å². The molecule has 0 atom stereocenters. The molecule has 0 saturated heterocycles. The number of hydrogen-bond donors (Lipinski definition) is 1. The van der Waals surface area contributed by atoms with Crippen LogP contribution in [-0.2, 0) is 18.5 Å². The van der Waals surface area contributed by atoms with Crippen molar-refractivity contribution in [2.24, 2.45) is 0 Å². The Labute approximate surface area is 119 Å². The first-order chi connectivity index (χ1) is 8.95. The second-order valence-electron chi connectivity index (χ2n) is 5.92. The normalized spacial score (nSPS) is 11.8. The van der Waals surface area contributed by atoms with Crippen LogP contribution < -0.4 is 5.32 Å². The van der Waals surface area contributed by atoms with E-state index in [4.69, 9.17) is 0 Å². The Morgan fingerprint density at radius 3 is 2.32 bits per heavy atom. The first-order valence-corrected chi connectivity index (χ1v) is 7.48. The molecule has 1 aromatic heterocycles. The van der Waals surface area contributed by atoms with E-state index in [-0.39, 0.29) is 5.41 Å². The smallest absolute Gasteiger partial charge is 0.107 e. The number of hydrogen-bond acceptors (Lipinski definition) is 3. The fourth-order valence-electron chi connectivity index (χ4n) is 1.92. The predicted octanol–water partition coefficient (Wildman–Crippen LogP) is 4.04. The molecular weight excluding hydrogens is 252 g/mol. The van der Waals surface area contributed by atoms with Gasteiger partial charge < -0.3 is 5.32 Å². The summed E-state index contributed by atoms with van der Waals surface area (Å²) in [4.78, 5) is 5.62. The van der Waals surface area contributed by atoms with E-state index in [9.17, 15) is 0 Å². The summed E-state index contributed by atoms with van der Waals surface area (Å²) in [5.41, 5.74) is 2.93. The van der Waals surface area contributed by atoms with Crippen LogP contribution in [0, 0.1) is 6.92 Å². The summed E-state index contributed by atoms with van der Waals surface area (Å²) in [6.45, 7) is 10.6. The summed E-state index contributed by atoms with van der Waals surface area (Å²) in [7, 11) is 0. The van der Waals surface area contributed by atoms with Crippen molar-refractivity contribution in [1.82, 2.24) is 10.3 Å². The topological polar surface area (TPSA) is 24.9 Å². The van der Waals surface area contributed by atoms with Crippen molar-refractivity contribution < 1.29 is 0 Å². The Morgan fingerprint density at radius 1 is 1.11 bits per heavy atom. The third-order valence-corrected chi connectivity index (χ3v) is 4.01. The van der Waals surface area contributed by atoms with Gasteiger partial charge in [-0.25, -0.2) is 4.98 Å². The minimum Gasteiger partial charge on any atom is -0.306 e. The van der Waals surface area contributed by atoms with Crippen molar-refractivity contribution in [2.75, 3.05) is 0 Å². The van der Waals surface area contributed by atoms with E-state index in [1.54, 1.807) is 11.3 Å². The average molecular weight is 274 g/mol. The Balaban J connectivity index is 1.86. The average Bonchev–Trinajstić information content (AvgIpc) is 2.75. The first kappa shape index (κ1) is 14.2. The van der Waals surface area contributed by atoms with Crippen molar-refractivity contribution >= 4 is 11.3 Å². The zero-order valence-corrected chi connectivity index (χ0v) is 13.0. The number of thiazole rings is 1. The minimum atomic E-state index is 0.227. The molecule has 0 saturated carbocycles. The molecule has 0 amide bonds. The highest BCUT2D eigenvalue weighted by molar-refractivity contribution is 7.11. The molecule has 19 heavy (non-hydrogen) atoms. The summed E-state index contributed by atoms with van der Waals surface area (Å²) in [5, 5.41) is 4.59. The Kier molecular flexibility index (Phi) is 4.38. The SMILES string of the molecule is Cc1cnc(CNCc2ccc(C(C)(C)C)cc2)s1. The van der Waals surface area contributed by atoms with Crippen molar-refractivity contribution in [2.45, 2.75) is 46.2 Å². The molecule has 0 aliphatic carbocycles. The van der Waals surface area contributed by atoms with E-state index in [1.807, 2.05) is 6.20 Å². The van der Waals surface area contributed by atoms with Crippen molar-refractivity contribution in [3.8, 4) is 0 Å². The predicted molar refractivity (Wildman–Crippen MR) is 82.5 cm³/mol. The molecule has 102 valence electrons. The van der Waals surface area contributed by atoms with Crippen LogP contribution in [0.2, 0.25) is 0 Å². The zero-order valence-electron chi connectivity index (χ0n) is 12.2. The van der Waals surface area contributed by atoms with Crippen LogP contribution in [0.15, 0.2) is 30.5 Å². The molecule has 0 spiro atoms. The van der Waals surface area contributed by atoms with Gasteiger partial charge in [-0.2, -0.15) is 0 Å². The molecule has 0 aliphatic heterocycles. The largest absolute Gasteiger partial charge is 0.306 e. The van der Waals surface area contributed by atoms with Crippen LogP contribution in [-0.4, -0.2) is 4.98 Å². The highest BCUT2D eigenvalue weighted by atomic mass is 32.1. The van der Waals surface area contributed by atoms with Crippen molar-refractivity contribution in [1.29, 1.82) is 0 Å². The summed E-state index contributed by atoms with van der Waals surface area (Å²) < 4.78 is 0. The molecule has 1 aromatic carbocycles. The summed E-state index contributed by atoms with van der Waals surface area (Å²) in [6.07, 6.45) is 1.93. The third-order valence-electron chi connectivity index (χ3n) is 3.09. The molecule has 2 rings (SSSR count). The Bertz CT molecular complexity index is 520. The van der Waals surface area contributed by atoms with Gasteiger partial charge in [0, 0.05) is 24.2 Å². The quantitative estimate of drug-likeness (QED) is 0.910. The second-order valence-corrected chi connectivity index (χ2v) is 7.23. The molecule has 0 unspecified atom stereocenters.